The van der Waals surface area contributed by atoms with Crippen LogP contribution in [0.15, 0.2) is 53.4 Å². The summed E-state index contributed by atoms with van der Waals surface area (Å²) in [6.45, 7) is 0. The van der Waals surface area contributed by atoms with E-state index >= 15 is 0 Å². The second-order valence-corrected chi connectivity index (χ2v) is 10.1. The Bertz CT molecular complexity index is 1240. The van der Waals surface area contributed by atoms with Crippen molar-refractivity contribution in [1.29, 1.82) is 0 Å². The van der Waals surface area contributed by atoms with E-state index in [2.05, 4.69) is 51.3 Å². The third kappa shape index (κ3) is 3.08. The largest absolute Gasteiger partial charge is 0.325 e. The summed E-state index contributed by atoms with van der Waals surface area (Å²) in [5.74, 6) is 0. The summed E-state index contributed by atoms with van der Waals surface area (Å²) in [6.07, 6.45) is 16.5. The molecule has 0 radical (unpaired) electrons. The molecule has 1 aliphatic heterocycles. The van der Waals surface area contributed by atoms with Crippen LogP contribution in [0.4, 0.5) is 5.69 Å². The Morgan fingerprint density at radius 1 is 1.19 bits per heavy atom. The second-order valence-electron chi connectivity index (χ2n) is 8.96. The summed E-state index contributed by atoms with van der Waals surface area (Å²) in [6, 6.07) is 9.41. The van der Waals surface area contributed by atoms with Gasteiger partial charge in [0.15, 0.2) is 0 Å². The third-order valence-electron chi connectivity index (χ3n) is 7.35. The van der Waals surface area contributed by atoms with Crippen LogP contribution in [0.2, 0.25) is 5.15 Å². The molecule has 0 N–H and O–H groups in total. The maximum absolute atomic E-state index is 6.22. The molecule has 0 amide bonds. The van der Waals surface area contributed by atoms with Gasteiger partial charge >= 0.3 is 0 Å². The molecule has 0 saturated heterocycles. The normalized spacial score (nSPS) is 21.3. The highest BCUT2D eigenvalue weighted by Crippen LogP contribution is 2.54. The maximum atomic E-state index is 6.22. The molecule has 1 aromatic carbocycles. The van der Waals surface area contributed by atoms with Crippen molar-refractivity contribution < 1.29 is 0 Å². The highest BCUT2D eigenvalue weighted by Gasteiger charge is 2.47. The molecule has 4 nitrogen and oxygen atoms in total. The van der Waals surface area contributed by atoms with Crippen LogP contribution in [0.1, 0.15) is 55.7 Å². The highest BCUT2D eigenvalue weighted by molar-refractivity contribution is 8.13. The smallest absolute Gasteiger partial charge is 0.145 e. The van der Waals surface area contributed by atoms with Gasteiger partial charge in [-0.05, 0) is 68.0 Å². The Labute approximate surface area is 191 Å². The third-order valence-corrected chi connectivity index (χ3v) is 8.52. The lowest BCUT2D eigenvalue weighted by atomic mass is 9.66. The highest BCUT2D eigenvalue weighted by atomic mass is 35.5. The zero-order chi connectivity index (χ0) is 21.0. The van der Waals surface area contributed by atoms with E-state index in [1.54, 1.807) is 6.33 Å². The van der Waals surface area contributed by atoms with E-state index in [1.165, 1.54) is 46.7 Å². The zero-order valence-corrected chi connectivity index (χ0v) is 19.2. The van der Waals surface area contributed by atoms with Crippen LogP contribution in [0, 0.1) is 0 Å². The molecule has 1 saturated carbocycles. The number of halogens is 1. The van der Waals surface area contributed by atoms with E-state index in [-0.39, 0.29) is 5.41 Å². The van der Waals surface area contributed by atoms with Crippen LogP contribution < -0.4 is 0 Å². The second kappa shape index (κ2) is 7.49. The lowest BCUT2D eigenvalue weighted by molar-refractivity contribution is 0.351. The number of hydrogen-bond acceptors (Lipinski definition) is 4. The van der Waals surface area contributed by atoms with Gasteiger partial charge in [-0.3, -0.25) is 0 Å². The molecule has 0 bridgehead atoms. The zero-order valence-electron chi connectivity index (χ0n) is 17.6. The number of aromatic nitrogens is 3. The fraction of sp³-hybridized carbons (Fsp3) is 0.400. The molecule has 1 fully saturated rings. The van der Waals surface area contributed by atoms with Gasteiger partial charge in [-0.1, -0.05) is 41.8 Å². The number of benzene rings is 1. The van der Waals surface area contributed by atoms with Gasteiger partial charge in [-0.2, -0.15) is 0 Å². The van der Waals surface area contributed by atoms with Crippen molar-refractivity contribution in [2.75, 3.05) is 6.26 Å². The van der Waals surface area contributed by atoms with E-state index < -0.39 is 0 Å². The molecule has 2 aromatic heterocycles. The molecule has 6 heteroatoms. The van der Waals surface area contributed by atoms with E-state index in [1.807, 2.05) is 17.8 Å². The average Bonchev–Trinajstić information content (AvgIpc) is 3.46. The first-order chi connectivity index (χ1) is 15.2. The Morgan fingerprint density at radius 3 is 2.90 bits per heavy atom. The molecule has 1 spiro atoms. The Balaban J connectivity index is 1.18. The van der Waals surface area contributed by atoms with Crippen molar-refractivity contribution in [2.24, 2.45) is 4.99 Å². The van der Waals surface area contributed by atoms with E-state index in [4.69, 9.17) is 16.6 Å². The molecule has 31 heavy (non-hydrogen) atoms. The van der Waals surface area contributed by atoms with Gasteiger partial charge in [0.1, 0.15) is 17.1 Å². The van der Waals surface area contributed by atoms with Crippen LogP contribution in [-0.4, -0.2) is 25.8 Å². The summed E-state index contributed by atoms with van der Waals surface area (Å²) in [5.41, 5.74) is 6.79. The Morgan fingerprint density at radius 2 is 2.10 bits per heavy atom. The summed E-state index contributed by atoms with van der Waals surface area (Å²) in [5, 5.41) is 2.78. The lowest BCUT2D eigenvalue weighted by Gasteiger charge is -2.39. The number of aryl methyl sites for hydroxylation is 1. The van der Waals surface area contributed by atoms with Crippen molar-refractivity contribution in [3.05, 3.63) is 64.7 Å². The van der Waals surface area contributed by atoms with Crippen LogP contribution in [0.5, 0.6) is 0 Å². The van der Waals surface area contributed by atoms with Gasteiger partial charge < -0.3 is 4.57 Å². The molecule has 6 rings (SSSR count). The SMILES string of the molecule is CSC1=Nc2cc(CCC3=CC(n4ccc5c(Cl)ncnc54)CC3)ccc2C12CCC2. The fourth-order valence-corrected chi connectivity index (χ4v) is 6.61. The first-order valence-corrected chi connectivity index (χ1v) is 12.7. The molecule has 3 aliphatic rings. The van der Waals surface area contributed by atoms with Crippen LogP contribution in [0.3, 0.4) is 0 Å². The molecule has 3 aromatic rings. The topological polar surface area (TPSA) is 43.1 Å². The molecular formula is C25H25ClN4S. The lowest BCUT2D eigenvalue weighted by Crippen LogP contribution is -2.38. The van der Waals surface area contributed by atoms with E-state index in [0.29, 0.717) is 11.2 Å². The number of rotatable bonds is 4. The molecule has 158 valence electrons. The van der Waals surface area contributed by atoms with Crippen molar-refractivity contribution in [3.8, 4) is 0 Å². The van der Waals surface area contributed by atoms with Crippen LogP contribution in [-0.2, 0) is 11.8 Å². The van der Waals surface area contributed by atoms with Gasteiger partial charge in [-0.15, -0.1) is 11.8 Å². The molecule has 1 atom stereocenters. The van der Waals surface area contributed by atoms with Gasteiger partial charge in [0.05, 0.1) is 22.2 Å². The minimum Gasteiger partial charge on any atom is -0.325 e. The molecule has 3 heterocycles. The number of fused-ring (bicyclic) bond motifs is 3. The number of nitrogens with zero attached hydrogens (tertiary/aromatic N) is 4. The number of thioether (sulfide) groups is 1. The number of hydrogen-bond donors (Lipinski definition) is 0. The number of aliphatic imine (C=N–C) groups is 1. The summed E-state index contributed by atoms with van der Waals surface area (Å²) < 4.78 is 2.24. The van der Waals surface area contributed by atoms with Crippen molar-refractivity contribution in [3.63, 3.8) is 0 Å². The fourth-order valence-electron chi connectivity index (χ4n) is 5.53. The van der Waals surface area contributed by atoms with Gasteiger partial charge in [-0.25, -0.2) is 15.0 Å². The van der Waals surface area contributed by atoms with Crippen molar-refractivity contribution >= 4 is 45.1 Å². The number of allylic oxidation sites excluding steroid dienone is 2. The van der Waals surface area contributed by atoms with Gasteiger partial charge in [0.2, 0.25) is 0 Å². The quantitative estimate of drug-likeness (QED) is 0.325. The predicted octanol–water partition coefficient (Wildman–Crippen LogP) is 6.81. The molecular weight excluding hydrogens is 424 g/mol. The molecule has 2 aliphatic carbocycles. The standard InChI is InChI=1S/C25H25ClN4S/c1-31-24-25(10-2-11-25)20-8-6-17(14-21(20)29-24)4-3-16-5-7-18(13-16)30-12-9-19-22(26)27-15-28-23(19)30/h6,8-9,12-15,18H,2-5,7,10-11H2,1H3. The summed E-state index contributed by atoms with van der Waals surface area (Å²) >= 11 is 8.06. The predicted molar refractivity (Wildman–Crippen MR) is 130 cm³/mol. The average molecular weight is 449 g/mol. The van der Waals surface area contributed by atoms with E-state index in [0.717, 1.165) is 36.7 Å². The van der Waals surface area contributed by atoms with Crippen LogP contribution in [0.25, 0.3) is 11.0 Å². The van der Waals surface area contributed by atoms with E-state index in [9.17, 15) is 0 Å². The first kappa shape index (κ1) is 19.6. The molecule has 1 unspecified atom stereocenters. The van der Waals surface area contributed by atoms with Gasteiger partial charge in [0.25, 0.3) is 0 Å². The first-order valence-electron chi connectivity index (χ1n) is 11.1. The minimum atomic E-state index is 0.250. The Kier molecular flexibility index (Phi) is 4.73. The monoisotopic (exact) mass is 448 g/mol. The summed E-state index contributed by atoms with van der Waals surface area (Å²) in [4.78, 5) is 13.6. The summed E-state index contributed by atoms with van der Waals surface area (Å²) in [7, 11) is 0. The van der Waals surface area contributed by atoms with Gasteiger partial charge in [0, 0.05) is 11.6 Å². The minimum absolute atomic E-state index is 0.250. The maximum Gasteiger partial charge on any atom is 0.145 e. The Hall–Kier alpha value is -2.11. The van der Waals surface area contributed by atoms with Crippen LogP contribution >= 0.6 is 23.4 Å². The van der Waals surface area contributed by atoms with Crippen molar-refractivity contribution in [1.82, 2.24) is 14.5 Å². The van der Waals surface area contributed by atoms with Crippen molar-refractivity contribution in [2.45, 2.75) is 56.4 Å².